The van der Waals surface area contributed by atoms with Crippen molar-refractivity contribution in [2.45, 2.75) is 32.3 Å². The third kappa shape index (κ3) is 8.59. The summed E-state index contributed by atoms with van der Waals surface area (Å²) in [5, 5.41) is 8.46. The predicted octanol–water partition coefficient (Wildman–Crippen LogP) is 1.46. The fourth-order valence-electron chi connectivity index (χ4n) is 1.20. The molecule has 0 amide bonds. The van der Waals surface area contributed by atoms with Crippen LogP contribution in [0.15, 0.2) is 24.8 Å². The molecule has 19 heavy (non-hydrogen) atoms. The summed E-state index contributed by atoms with van der Waals surface area (Å²) in [5.41, 5.74) is -0.0985. The van der Waals surface area contributed by atoms with Crippen molar-refractivity contribution in [1.82, 2.24) is 0 Å². The van der Waals surface area contributed by atoms with Gasteiger partial charge in [0.25, 0.3) is 0 Å². The minimum absolute atomic E-state index is 0.0985. The van der Waals surface area contributed by atoms with Crippen LogP contribution in [0.25, 0.3) is 0 Å². The Bertz CT molecular complexity index is 371. The average molecular weight is 270 g/mol. The Morgan fingerprint density at radius 2 is 2.00 bits per heavy atom. The zero-order valence-electron chi connectivity index (χ0n) is 10.9. The number of rotatable bonds is 9. The van der Waals surface area contributed by atoms with Gasteiger partial charge in [-0.05, 0) is 19.8 Å². The highest BCUT2D eigenvalue weighted by Gasteiger charge is 2.12. The van der Waals surface area contributed by atoms with Gasteiger partial charge in [-0.1, -0.05) is 13.2 Å². The van der Waals surface area contributed by atoms with Crippen molar-refractivity contribution in [2.75, 3.05) is 6.61 Å². The topological polar surface area (TPSA) is 89.9 Å². The molecule has 0 rings (SSSR count). The Hall–Kier alpha value is -2.11. The zero-order valence-corrected chi connectivity index (χ0v) is 10.9. The second-order valence-corrected chi connectivity index (χ2v) is 3.90. The van der Waals surface area contributed by atoms with Crippen molar-refractivity contribution in [2.24, 2.45) is 0 Å². The number of esters is 2. The lowest BCUT2D eigenvalue weighted by Crippen LogP contribution is -2.15. The van der Waals surface area contributed by atoms with Gasteiger partial charge in [0, 0.05) is 11.6 Å². The van der Waals surface area contributed by atoms with Gasteiger partial charge in [0.1, 0.15) is 0 Å². The molecule has 0 aromatic carbocycles. The number of aliphatic carboxylic acids is 1. The maximum atomic E-state index is 11.3. The van der Waals surface area contributed by atoms with Crippen molar-refractivity contribution in [3.05, 3.63) is 24.8 Å². The van der Waals surface area contributed by atoms with Gasteiger partial charge in [-0.25, -0.2) is 9.59 Å². The Morgan fingerprint density at radius 1 is 1.37 bits per heavy atom. The molecule has 1 N–H and O–H groups in total. The van der Waals surface area contributed by atoms with Gasteiger partial charge in [-0.2, -0.15) is 0 Å². The fourth-order valence-corrected chi connectivity index (χ4v) is 1.20. The molecule has 0 aromatic heterocycles. The first kappa shape index (κ1) is 16.9. The summed E-state index contributed by atoms with van der Waals surface area (Å²) in [5.74, 6) is -2.36. The maximum Gasteiger partial charge on any atom is 0.333 e. The smallest absolute Gasteiger partial charge is 0.333 e. The van der Waals surface area contributed by atoms with Crippen molar-refractivity contribution >= 4 is 17.9 Å². The summed E-state index contributed by atoms with van der Waals surface area (Å²) in [6.07, 6.45) is 1.36. The van der Waals surface area contributed by atoms with Crippen LogP contribution in [0.5, 0.6) is 0 Å². The molecular weight excluding hydrogens is 252 g/mol. The molecule has 0 fully saturated rings. The normalized spacial score (nSPS) is 11.2. The van der Waals surface area contributed by atoms with Gasteiger partial charge in [0.2, 0.25) is 0 Å². The molecule has 0 aliphatic heterocycles. The van der Waals surface area contributed by atoms with Crippen LogP contribution in [-0.2, 0) is 23.9 Å². The van der Waals surface area contributed by atoms with Crippen molar-refractivity contribution in [3.63, 3.8) is 0 Å². The second-order valence-electron chi connectivity index (χ2n) is 3.90. The second kappa shape index (κ2) is 8.91. The molecule has 1 atom stereocenters. The fraction of sp³-hybridized carbons (Fsp3) is 0.462. The van der Waals surface area contributed by atoms with Crippen LogP contribution in [0.3, 0.4) is 0 Å². The number of carboxylic acids is 1. The van der Waals surface area contributed by atoms with Crippen LogP contribution >= 0.6 is 0 Å². The van der Waals surface area contributed by atoms with E-state index in [-0.39, 0.29) is 18.3 Å². The van der Waals surface area contributed by atoms with Crippen molar-refractivity contribution in [3.8, 4) is 0 Å². The van der Waals surface area contributed by atoms with E-state index in [2.05, 4.69) is 13.2 Å². The molecule has 1 unspecified atom stereocenters. The summed E-state index contributed by atoms with van der Waals surface area (Å²) in [6.45, 7) is 8.43. The first-order valence-corrected chi connectivity index (χ1v) is 5.76. The number of hydrogen-bond donors (Lipinski definition) is 1. The number of carboxylic acid groups (broad SMARTS) is 1. The standard InChI is InChI=1S/C13H18O6/c1-4-12(16)19-10(3)6-5-7-18-13(17)9(2)8-11(14)15/h4,10H,1-2,5-8H2,3H3,(H,14,15). The molecule has 6 heteroatoms. The molecule has 0 aliphatic rings. The molecule has 0 saturated carbocycles. The number of carbonyl (C=O) groups is 3. The summed E-state index contributed by atoms with van der Waals surface area (Å²) in [4.78, 5) is 32.5. The Balaban J connectivity index is 3.77. The highest BCUT2D eigenvalue weighted by molar-refractivity contribution is 5.92. The molecule has 106 valence electrons. The number of hydrogen-bond acceptors (Lipinski definition) is 5. The van der Waals surface area contributed by atoms with Crippen molar-refractivity contribution in [1.29, 1.82) is 0 Å². The largest absolute Gasteiger partial charge is 0.481 e. The molecule has 0 aliphatic carbocycles. The third-order valence-corrected chi connectivity index (χ3v) is 2.13. The van der Waals surface area contributed by atoms with Crippen LogP contribution in [0.4, 0.5) is 0 Å². The highest BCUT2D eigenvalue weighted by atomic mass is 16.5. The average Bonchev–Trinajstić information content (AvgIpc) is 2.33. The minimum atomic E-state index is -1.13. The monoisotopic (exact) mass is 270 g/mol. The highest BCUT2D eigenvalue weighted by Crippen LogP contribution is 2.05. The summed E-state index contributed by atoms with van der Waals surface area (Å²) in [6, 6.07) is 0. The third-order valence-electron chi connectivity index (χ3n) is 2.13. The number of ether oxygens (including phenoxy) is 2. The van der Waals surface area contributed by atoms with E-state index in [0.29, 0.717) is 12.8 Å². The van der Waals surface area contributed by atoms with Crippen LogP contribution in [0.1, 0.15) is 26.2 Å². The van der Waals surface area contributed by atoms with Crippen LogP contribution in [0.2, 0.25) is 0 Å². The van der Waals surface area contributed by atoms with E-state index in [1.165, 1.54) is 0 Å². The lowest BCUT2D eigenvalue weighted by atomic mass is 10.2. The molecule has 0 heterocycles. The molecule has 0 aromatic rings. The van der Waals surface area contributed by atoms with Gasteiger partial charge in [-0.3, -0.25) is 4.79 Å². The lowest BCUT2D eigenvalue weighted by molar-refractivity contribution is -0.144. The van der Waals surface area contributed by atoms with E-state index in [1.54, 1.807) is 6.92 Å². The first-order chi connectivity index (χ1) is 8.86. The number of carbonyl (C=O) groups excluding carboxylic acids is 2. The first-order valence-electron chi connectivity index (χ1n) is 5.76. The van der Waals surface area contributed by atoms with E-state index in [1.807, 2.05) is 0 Å². The van der Waals surface area contributed by atoms with Gasteiger partial charge in [0.15, 0.2) is 0 Å². The Kier molecular flexibility index (Phi) is 7.92. The zero-order chi connectivity index (χ0) is 14.8. The van der Waals surface area contributed by atoms with Gasteiger partial charge < -0.3 is 14.6 Å². The molecule has 0 bridgehead atoms. The van der Waals surface area contributed by atoms with E-state index in [0.717, 1.165) is 6.08 Å². The minimum Gasteiger partial charge on any atom is -0.481 e. The molecule has 6 nitrogen and oxygen atoms in total. The van der Waals surface area contributed by atoms with E-state index in [9.17, 15) is 14.4 Å². The SMILES string of the molecule is C=CC(=O)OC(C)CCCOC(=O)C(=C)CC(=O)O. The molecule has 0 radical (unpaired) electrons. The van der Waals surface area contributed by atoms with Gasteiger partial charge >= 0.3 is 17.9 Å². The van der Waals surface area contributed by atoms with Gasteiger partial charge in [0.05, 0.1) is 19.1 Å². The Labute approximate surface area is 111 Å². The van der Waals surface area contributed by atoms with Crippen LogP contribution in [-0.4, -0.2) is 35.7 Å². The van der Waals surface area contributed by atoms with Crippen LogP contribution < -0.4 is 0 Å². The lowest BCUT2D eigenvalue weighted by Gasteiger charge is -2.11. The predicted molar refractivity (Wildman–Crippen MR) is 67.3 cm³/mol. The summed E-state index contributed by atoms with van der Waals surface area (Å²) in [7, 11) is 0. The molecule has 0 spiro atoms. The van der Waals surface area contributed by atoms with E-state index >= 15 is 0 Å². The maximum absolute atomic E-state index is 11.3. The van der Waals surface area contributed by atoms with Gasteiger partial charge in [-0.15, -0.1) is 0 Å². The van der Waals surface area contributed by atoms with Crippen molar-refractivity contribution < 1.29 is 29.0 Å². The molecular formula is C13H18O6. The van der Waals surface area contributed by atoms with E-state index < -0.39 is 24.3 Å². The van der Waals surface area contributed by atoms with E-state index in [4.69, 9.17) is 14.6 Å². The molecule has 0 saturated heterocycles. The van der Waals surface area contributed by atoms with Crippen LogP contribution in [0, 0.1) is 0 Å². The summed E-state index contributed by atoms with van der Waals surface area (Å²) >= 11 is 0. The Morgan fingerprint density at radius 3 is 2.53 bits per heavy atom. The summed E-state index contributed by atoms with van der Waals surface area (Å²) < 4.78 is 9.74. The quantitative estimate of drug-likeness (QED) is 0.387.